The van der Waals surface area contributed by atoms with Gasteiger partial charge in [0.1, 0.15) is 0 Å². The summed E-state index contributed by atoms with van der Waals surface area (Å²) in [6.45, 7) is 4.43. The summed E-state index contributed by atoms with van der Waals surface area (Å²) in [5, 5.41) is 0. The Morgan fingerprint density at radius 3 is 2.03 bits per heavy atom. The Kier molecular flexibility index (Phi) is 7.52. The Morgan fingerprint density at radius 2 is 1.41 bits per heavy atom. The molecule has 1 nitrogen and oxygen atoms in total. The van der Waals surface area contributed by atoms with Gasteiger partial charge in [0.25, 0.3) is 0 Å². The van der Waals surface area contributed by atoms with Crippen LogP contribution in [0.2, 0.25) is 0 Å². The summed E-state index contributed by atoms with van der Waals surface area (Å²) in [5.41, 5.74) is 1.18. The molecule has 1 heterocycles. The van der Waals surface area contributed by atoms with Crippen LogP contribution in [0, 0.1) is 29.2 Å². The molecule has 2 unspecified atom stereocenters. The molecule has 2 atom stereocenters. The van der Waals surface area contributed by atoms with E-state index in [4.69, 9.17) is 4.74 Å². The number of hydrogen-bond acceptors (Lipinski definition) is 1. The molecule has 1 fully saturated rings. The number of benzene rings is 3. The van der Waals surface area contributed by atoms with Crippen LogP contribution in [0.5, 0.6) is 0 Å². The Morgan fingerprint density at radius 1 is 0.794 bits per heavy atom. The van der Waals surface area contributed by atoms with Crippen LogP contribution in [0.3, 0.4) is 0 Å². The van der Waals surface area contributed by atoms with Crippen LogP contribution in [-0.2, 0) is 11.2 Å². The van der Waals surface area contributed by atoms with Gasteiger partial charge >= 0.3 is 0 Å². The maximum absolute atomic E-state index is 15.0. The average molecular weight is 469 g/mol. The zero-order chi connectivity index (χ0) is 24.2. The van der Waals surface area contributed by atoms with Crippen LogP contribution in [-0.4, -0.2) is 6.61 Å². The molecule has 1 aliphatic rings. The monoisotopic (exact) mass is 468 g/mol. The summed E-state index contributed by atoms with van der Waals surface area (Å²) in [4.78, 5) is 0. The lowest BCUT2D eigenvalue weighted by atomic mass is 9.92. The van der Waals surface area contributed by atoms with Crippen LogP contribution in [0.25, 0.3) is 22.3 Å². The highest BCUT2D eigenvalue weighted by Gasteiger charge is 2.27. The molecule has 3 aromatic rings. The van der Waals surface area contributed by atoms with Gasteiger partial charge in [-0.3, -0.25) is 0 Å². The van der Waals surface area contributed by atoms with Crippen molar-refractivity contribution in [2.24, 2.45) is 5.92 Å². The summed E-state index contributed by atoms with van der Waals surface area (Å²) < 4.78 is 65.7. The maximum atomic E-state index is 15.0. The lowest BCUT2D eigenvalue weighted by molar-refractivity contribution is -0.00743. The van der Waals surface area contributed by atoms with Crippen LogP contribution in [0.4, 0.5) is 17.6 Å². The van der Waals surface area contributed by atoms with Crippen LogP contribution >= 0.6 is 0 Å². The summed E-state index contributed by atoms with van der Waals surface area (Å²) in [6, 6.07) is 12.6. The SMILES string of the molecule is CC=CC1CCC(c2ccc(-c3ccc(-c4ccc(CCC)cc4)c(F)c3F)c(F)c2F)OC1. The Balaban J connectivity index is 1.62. The van der Waals surface area contributed by atoms with E-state index in [9.17, 15) is 8.78 Å². The highest BCUT2D eigenvalue weighted by atomic mass is 19.2. The second-order valence-electron chi connectivity index (χ2n) is 8.75. The van der Waals surface area contributed by atoms with Gasteiger partial charge < -0.3 is 4.74 Å². The maximum Gasteiger partial charge on any atom is 0.167 e. The Bertz CT molecular complexity index is 1180. The first-order valence-electron chi connectivity index (χ1n) is 11.7. The number of hydrogen-bond donors (Lipinski definition) is 0. The van der Waals surface area contributed by atoms with Crippen molar-refractivity contribution in [3.63, 3.8) is 0 Å². The zero-order valence-electron chi connectivity index (χ0n) is 19.4. The van der Waals surface area contributed by atoms with Gasteiger partial charge in [-0.2, -0.15) is 0 Å². The first-order valence-corrected chi connectivity index (χ1v) is 11.7. The second kappa shape index (κ2) is 10.6. The fourth-order valence-electron chi connectivity index (χ4n) is 4.58. The molecule has 0 saturated carbocycles. The van der Waals surface area contributed by atoms with E-state index in [-0.39, 0.29) is 28.2 Å². The third-order valence-electron chi connectivity index (χ3n) is 6.41. The summed E-state index contributed by atoms with van der Waals surface area (Å²) in [6.07, 6.45) is 6.67. The topological polar surface area (TPSA) is 9.23 Å². The largest absolute Gasteiger partial charge is 0.373 e. The number of ether oxygens (including phenoxy) is 1. The molecule has 34 heavy (non-hydrogen) atoms. The quantitative estimate of drug-likeness (QED) is 0.260. The van der Waals surface area contributed by atoms with Gasteiger partial charge in [-0.15, -0.1) is 0 Å². The van der Waals surface area contributed by atoms with E-state index in [0.29, 0.717) is 18.6 Å². The average Bonchev–Trinajstić information content (AvgIpc) is 2.85. The molecule has 1 aliphatic heterocycles. The van der Waals surface area contributed by atoms with E-state index < -0.39 is 29.4 Å². The molecule has 5 heteroatoms. The lowest BCUT2D eigenvalue weighted by Gasteiger charge is -2.28. The van der Waals surface area contributed by atoms with Gasteiger partial charge in [-0.05, 0) is 37.3 Å². The van der Waals surface area contributed by atoms with Crippen molar-refractivity contribution in [1.29, 1.82) is 0 Å². The molecular formula is C29H28F4O. The molecule has 0 amide bonds. The van der Waals surface area contributed by atoms with Crippen LogP contribution in [0.1, 0.15) is 50.3 Å². The highest BCUT2D eigenvalue weighted by molar-refractivity contribution is 5.72. The minimum absolute atomic E-state index is 0.0769. The summed E-state index contributed by atoms with van der Waals surface area (Å²) in [5.74, 6) is -4.32. The fourth-order valence-corrected chi connectivity index (χ4v) is 4.58. The van der Waals surface area contributed by atoms with E-state index in [1.54, 1.807) is 12.1 Å². The predicted molar refractivity (Wildman–Crippen MR) is 127 cm³/mol. The molecule has 0 N–H and O–H groups in total. The Labute approximate surface area is 198 Å². The fraction of sp³-hybridized carbons (Fsp3) is 0.310. The van der Waals surface area contributed by atoms with E-state index in [2.05, 4.69) is 6.92 Å². The van der Waals surface area contributed by atoms with Crippen LogP contribution in [0.15, 0.2) is 60.7 Å². The second-order valence-corrected chi connectivity index (χ2v) is 8.75. The number of aryl methyl sites for hydroxylation is 1. The molecule has 0 spiro atoms. The summed E-state index contributed by atoms with van der Waals surface area (Å²) >= 11 is 0. The van der Waals surface area contributed by atoms with E-state index in [1.165, 1.54) is 24.3 Å². The van der Waals surface area contributed by atoms with Gasteiger partial charge in [-0.1, -0.05) is 74.0 Å². The molecule has 1 saturated heterocycles. The molecule has 0 aromatic heterocycles. The first-order chi connectivity index (χ1) is 16.4. The van der Waals surface area contributed by atoms with E-state index >= 15 is 8.78 Å². The molecule has 0 aliphatic carbocycles. The smallest absolute Gasteiger partial charge is 0.167 e. The van der Waals surface area contributed by atoms with Gasteiger partial charge in [0.2, 0.25) is 0 Å². The number of rotatable bonds is 6. The normalized spacial score (nSPS) is 18.5. The lowest BCUT2D eigenvalue weighted by Crippen LogP contribution is -2.20. The first kappa shape index (κ1) is 24.2. The number of halogens is 4. The molecule has 0 bridgehead atoms. The molecule has 3 aromatic carbocycles. The van der Waals surface area contributed by atoms with E-state index in [0.717, 1.165) is 24.8 Å². The van der Waals surface area contributed by atoms with Crippen molar-refractivity contribution in [1.82, 2.24) is 0 Å². The molecular weight excluding hydrogens is 440 g/mol. The molecule has 178 valence electrons. The van der Waals surface area contributed by atoms with Gasteiger partial charge in [0.05, 0.1) is 12.7 Å². The molecule has 0 radical (unpaired) electrons. The molecule has 4 rings (SSSR count). The predicted octanol–water partition coefficient (Wildman–Crippen LogP) is 8.57. The van der Waals surface area contributed by atoms with Crippen molar-refractivity contribution < 1.29 is 22.3 Å². The van der Waals surface area contributed by atoms with Crippen molar-refractivity contribution in [3.05, 3.63) is 95.1 Å². The third-order valence-corrected chi connectivity index (χ3v) is 6.41. The number of allylic oxidation sites excluding steroid dienone is 1. The van der Waals surface area contributed by atoms with E-state index in [1.807, 2.05) is 31.2 Å². The van der Waals surface area contributed by atoms with Crippen molar-refractivity contribution in [2.45, 2.75) is 45.6 Å². The van der Waals surface area contributed by atoms with Crippen molar-refractivity contribution in [3.8, 4) is 22.3 Å². The van der Waals surface area contributed by atoms with Gasteiger partial charge in [0, 0.05) is 28.2 Å². The van der Waals surface area contributed by atoms with Crippen molar-refractivity contribution >= 4 is 0 Å². The van der Waals surface area contributed by atoms with Crippen LogP contribution < -0.4 is 0 Å². The standard InChI is InChI=1S/C29H28F4O/c1-3-5-18-7-10-20(11-8-18)21-12-13-22(27(31)26(21)30)23-14-15-24(29(33)28(23)32)25-16-9-19(6-4-2)17-34-25/h4,6-8,10-15,19,25H,3,5,9,16-17H2,1-2H3. The van der Waals surface area contributed by atoms with Crippen molar-refractivity contribution in [2.75, 3.05) is 6.61 Å². The highest BCUT2D eigenvalue weighted by Crippen LogP contribution is 2.38. The third kappa shape index (κ3) is 4.80. The Hall–Kier alpha value is -2.92. The minimum Gasteiger partial charge on any atom is -0.373 e. The van der Waals surface area contributed by atoms with Gasteiger partial charge in [-0.25, -0.2) is 17.6 Å². The minimum atomic E-state index is -1.20. The van der Waals surface area contributed by atoms with Gasteiger partial charge in [0.15, 0.2) is 23.3 Å². The zero-order valence-corrected chi connectivity index (χ0v) is 19.4. The summed E-state index contributed by atoms with van der Waals surface area (Å²) in [7, 11) is 0.